The molecule has 0 unspecified atom stereocenters. The molecule has 0 fully saturated rings. The Morgan fingerprint density at radius 2 is 0.793 bits per heavy atom. The zero-order chi connectivity index (χ0) is 63.1. The van der Waals surface area contributed by atoms with Crippen LogP contribution < -0.4 is 32.7 Å². The van der Waals surface area contributed by atoms with Crippen LogP contribution in [0.2, 0.25) is 0 Å². The van der Waals surface area contributed by atoms with Gasteiger partial charge in [-0.2, -0.15) is 57.0 Å². The molecule has 0 aliphatic heterocycles. The molecule has 9 rings (SSSR count). The molecule has 0 aliphatic carbocycles. The van der Waals surface area contributed by atoms with Gasteiger partial charge in [-0.05, 0) is 127 Å². The zero-order valence-electron chi connectivity index (χ0n) is 43.8. The molecule has 2 aromatic heterocycles. The molecule has 7 aromatic carbocycles. The third kappa shape index (κ3) is 13.1. The fourth-order valence-electron chi connectivity index (χ4n) is 8.45. The second kappa shape index (κ2) is 22.9. The largest absolute Gasteiger partial charge is 0.505 e. The molecule has 0 saturated heterocycles. The summed E-state index contributed by atoms with van der Waals surface area (Å²) in [5, 5.41) is 98.3. The number of nitrogen functional groups attached to an aromatic ring is 2. The summed E-state index contributed by atoms with van der Waals surface area (Å²) >= 11 is 0. The first-order valence-electron chi connectivity index (χ1n) is 24.0. The Morgan fingerprint density at radius 1 is 0.437 bits per heavy atom. The lowest BCUT2D eigenvalue weighted by atomic mass is 10.0. The highest BCUT2D eigenvalue weighted by molar-refractivity contribution is 7.86. The highest BCUT2D eigenvalue weighted by atomic mass is 32.2. The lowest BCUT2D eigenvalue weighted by molar-refractivity contribution is 0.0676. The van der Waals surface area contributed by atoms with E-state index < -0.39 is 129 Å². The van der Waals surface area contributed by atoms with Gasteiger partial charge in [0, 0.05) is 16.5 Å². The minimum Gasteiger partial charge on any atom is -0.505 e. The summed E-state index contributed by atoms with van der Waals surface area (Å²) in [4.78, 5) is 82.8. The number of aromatic hydroxyl groups is 2. The van der Waals surface area contributed by atoms with Gasteiger partial charge in [0.2, 0.25) is 35.7 Å². The van der Waals surface area contributed by atoms with E-state index in [1.807, 2.05) is 0 Å². The quantitative estimate of drug-likeness (QED) is 0.0267. The van der Waals surface area contributed by atoms with Crippen molar-refractivity contribution in [3.8, 4) is 11.5 Å². The number of aromatic carboxylic acids is 5. The van der Waals surface area contributed by atoms with E-state index in [-0.39, 0.29) is 84.1 Å². The zero-order valence-corrected chi connectivity index (χ0v) is 45.4. The number of carboxylic acids is 5. The first-order valence-corrected chi connectivity index (χ1v) is 26.9. The van der Waals surface area contributed by atoms with Crippen molar-refractivity contribution in [3.63, 3.8) is 0 Å². The van der Waals surface area contributed by atoms with Crippen LogP contribution in [0.4, 0.5) is 81.2 Å². The number of azo groups is 2. The van der Waals surface area contributed by atoms with Gasteiger partial charge >= 0.3 is 29.8 Å². The summed E-state index contributed by atoms with van der Waals surface area (Å²) in [6.07, 6.45) is 0. The molecule has 0 bridgehead atoms. The Kier molecular flexibility index (Phi) is 15.6. The molecule has 36 heteroatoms. The number of rotatable bonds is 19. The molecule has 0 atom stereocenters. The molecule has 2 heterocycles. The van der Waals surface area contributed by atoms with Crippen molar-refractivity contribution in [1.29, 1.82) is 0 Å². The SMILES string of the molecule is Cc1cc2cc(S(=O)(=O)O)cc(Nc3nc(N)nc(Nc4ccc(Nc5nc(N)nc(Nc6cc(S(=O)(=O)O)cc7cc(C)c(N=Nc8cc(C(=O)O)cc(C(=O)O)c8)c(O)c67)n5)c(C(=O)O)c4)n3)c2c(O)c1N=Nc1cc(C(=O)O)cc(C(=O)O)c1. The third-order valence-electron chi connectivity index (χ3n) is 12.2. The van der Waals surface area contributed by atoms with Gasteiger partial charge in [0.1, 0.15) is 11.4 Å². The molecule has 0 spiro atoms. The predicted molar refractivity (Wildman–Crippen MR) is 304 cm³/mol. The van der Waals surface area contributed by atoms with Crippen LogP contribution in [0.15, 0.2) is 121 Å². The molecule has 0 saturated carbocycles. The van der Waals surface area contributed by atoms with Crippen molar-refractivity contribution < 1.29 is 85.7 Å². The van der Waals surface area contributed by atoms with E-state index >= 15 is 0 Å². The van der Waals surface area contributed by atoms with Crippen molar-refractivity contribution in [2.24, 2.45) is 20.5 Å². The maximum atomic E-state index is 12.8. The number of carboxylic acid groups (broad SMARTS) is 5. The smallest absolute Gasteiger partial charge is 0.337 e. The molecular weight excluding hydrogens is 1190 g/mol. The van der Waals surface area contributed by atoms with E-state index in [0.29, 0.717) is 0 Å². The Labute approximate surface area is 484 Å². The summed E-state index contributed by atoms with van der Waals surface area (Å²) in [6, 6.07) is 16.1. The first-order chi connectivity index (χ1) is 40.9. The number of nitrogens with zero attached hydrogens (tertiary/aromatic N) is 10. The van der Waals surface area contributed by atoms with E-state index in [1.54, 1.807) is 0 Å². The van der Waals surface area contributed by atoms with Crippen molar-refractivity contribution in [1.82, 2.24) is 29.9 Å². The average molecular weight is 1230 g/mol. The third-order valence-corrected chi connectivity index (χ3v) is 13.9. The van der Waals surface area contributed by atoms with E-state index in [2.05, 4.69) is 71.6 Å². The van der Waals surface area contributed by atoms with Crippen LogP contribution in [0.25, 0.3) is 21.5 Å². The Bertz CT molecular complexity index is 4730. The van der Waals surface area contributed by atoms with Gasteiger partial charge in [-0.3, -0.25) is 9.11 Å². The fraction of sp³-hybridized carbons (Fsp3) is 0.0392. The lowest BCUT2D eigenvalue weighted by Crippen LogP contribution is -2.10. The average Bonchev–Trinajstić information content (AvgIpc) is 1.34. The van der Waals surface area contributed by atoms with Crippen LogP contribution in [0.1, 0.15) is 62.9 Å². The lowest BCUT2D eigenvalue weighted by Gasteiger charge is -2.16. The number of anilines is 10. The van der Waals surface area contributed by atoms with Crippen molar-refractivity contribution in [3.05, 3.63) is 130 Å². The van der Waals surface area contributed by atoms with Crippen molar-refractivity contribution in [2.75, 3.05) is 32.7 Å². The number of hydrogen-bond acceptors (Lipinski definition) is 27. The number of phenolic OH excluding ortho intramolecular Hbond substituents is 2. The number of aryl methyl sites for hydroxylation is 2. The van der Waals surface area contributed by atoms with E-state index in [1.165, 1.54) is 38.1 Å². The summed E-state index contributed by atoms with van der Waals surface area (Å²) < 4.78 is 70.1. The van der Waals surface area contributed by atoms with Crippen molar-refractivity contribution >= 4 is 153 Å². The number of benzene rings is 7. The van der Waals surface area contributed by atoms with E-state index in [4.69, 9.17) is 11.5 Å². The van der Waals surface area contributed by atoms with Gasteiger partial charge in [0.15, 0.2) is 11.5 Å². The number of nitrogens with two attached hydrogens (primary N) is 2. The fourth-order valence-corrected chi connectivity index (χ4v) is 9.53. The van der Waals surface area contributed by atoms with Gasteiger partial charge in [-0.15, -0.1) is 10.2 Å². The first kappa shape index (κ1) is 59.5. The molecule has 0 amide bonds. The second-order valence-electron chi connectivity index (χ2n) is 18.3. The summed E-state index contributed by atoms with van der Waals surface area (Å²) in [7, 11) is -9.89. The predicted octanol–water partition coefficient (Wildman–Crippen LogP) is 8.35. The standard InChI is InChI=1S/C51H38N16O18S2/c1-18-5-20-13-29(86(80,81)82)16-33(35(20)39(68)37(18)66-64-27-9-22(41(70)71)7-23(10-27)42(72)73)56-50-60-46(52)58-48(62-50)54-26-3-4-32(31(15-26)45(78)79)55-49-59-47(53)61-51(63-49)57-34-17-30(87(83,84)85)14-21-6-19(2)38(40(69)36(21)34)67-65-28-11-24(43(74)75)8-25(12-28)44(76)77/h3-17,68-69H,1-2H3,(H,70,71)(H,72,73)(H,74,75)(H,76,77)(H,78,79)(H,80,81,82)(H,83,84,85)(H4,52,54,56,58,60,62)(H4,53,55,57,59,61,63). The monoisotopic (exact) mass is 1230 g/mol. The molecule has 9 aromatic rings. The molecule has 87 heavy (non-hydrogen) atoms. The molecular formula is C51H38N16O18S2. The van der Waals surface area contributed by atoms with Gasteiger partial charge in [0.05, 0.1) is 66.0 Å². The van der Waals surface area contributed by atoms with Gasteiger partial charge in [-0.25, -0.2) is 24.0 Å². The van der Waals surface area contributed by atoms with Crippen LogP contribution in [0.3, 0.4) is 0 Å². The maximum absolute atomic E-state index is 12.8. The topological polar surface area (TPSA) is 563 Å². The number of hydrogen-bond donors (Lipinski definition) is 15. The van der Waals surface area contributed by atoms with E-state index in [9.17, 15) is 85.7 Å². The van der Waals surface area contributed by atoms with Crippen LogP contribution in [-0.2, 0) is 20.2 Å². The van der Waals surface area contributed by atoms with Crippen molar-refractivity contribution in [2.45, 2.75) is 23.6 Å². The minimum atomic E-state index is -4.95. The summed E-state index contributed by atoms with van der Waals surface area (Å²) in [5.41, 5.74) is 8.52. The van der Waals surface area contributed by atoms with Crippen LogP contribution in [0.5, 0.6) is 11.5 Å². The van der Waals surface area contributed by atoms with Gasteiger partial charge in [-0.1, -0.05) is 0 Å². The molecule has 17 N–H and O–H groups in total. The highest BCUT2D eigenvalue weighted by Gasteiger charge is 2.24. The van der Waals surface area contributed by atoms with E-state index in [0.717, 1.165) is 66.7 Å². The Hall–Kier alpha value is -12.2. The van der Waals surface area contributed by atoms with Crippen LogP contribution in [0, 0.1) is 13.8 Å². The molecule has 0 radical (unpaired) electrons. The highest BCUT2D eigenvalue weighted by Crippen LogP contribution is 2.46. The Balaban J connectivity index is 1.01. The van der Waals surface area contributed by atoms with Gasteiger partial charge < -0.3 is 68.5 Å². The number of fused-ring (bicyclic) bond motifs is 2. The molecule has 0 aliphatic rings. The summed E-state index contributed by atoms with van der Waals surface area (Å²) in [6.45, 7) is 2.89. The van der Waals surface area contributed by atoms with Crippen LogP contribution in [-0.4, -0.2) is 121 Å². The molecule has 34 nitrogen and oxygen atoms in total. The number of aromatic nitrogens is 6. The Morgan fingerprint density at radius 3 is 1.14 bits per heavy atom. The number of nitrogens with one attached hydrogen (secondary N) is 4. The number of phenols is 2. The van der Waals surface area contributed by atoms with Gasteiger partial charge in [0.25, 0.3) is 20.2 Å². The second-order valence-corrected chi connectivity index (χ2v) is 21.1. The molecule has 442 valence electrons. The summed E-state index contributed by atoms with van der Waals surface area (Å²) in [5.74, 6) is -11.3. The number of carbonyl (C=O) groups is 5. The maximum Gasteiger partial charge on any atom is 0.337 e. The van der Waals surface area contributed by atoms with Crippen LogP contribution >= 0.6 is 0 Å². The normalized spacial score (nSPS) is 11.7. The minimum absolute atomic E-state index is 0.00139.